The third-order valence-corrected chi connectivity index (χ3v) is 3.24. The second kappa shape index (κ2) is 6.06. The van der Waals surface area contributed by atoms with Crippen molar-refractivity contribution < 1.29 is 14.7 Å². The lowest BCUT2D eigenvalue weighted by atomic mass is 9.83. The van der Waals surface area contributed by atoms with Crippen molar-refractivity contribution in [1.82, 2.24) is 5.32 Å². The van der Waals surface area contributed by atoms with Gasteiger partial charge in [-0.1, -0.05) is 23.7 Å². The predicted molar refractivity (Wildman–Crippen MR) is 74.3 cm³/mol. The van der Waals surface area contributed by atoms with Crippen LogP contribution in [0.2, 0.25) is 5.02 Å². The molecule has 104 valence electrons. The van der Waals surface area contributed by atoms with Crippen LogP contribution in [-0.4, -0.2) is 23.0 Å². The van der Waals surface area contributed by atoms with Crippen LogP contribution in [0.3, 0.4) is 0 Å². The highest BCUT2D eigenvalue weighted by Crippen LogP contribution is 2.25. The number of carbonyl (C=O) groups is 2. The molecule has 0 aliphatic carbocycles. The molecule has 0 saturated carbocycles. The van der Waals surface area contributed by atoms with Crippen molar-refractivity contribution in [2.45, 2.75) is 38.6 Å². The van der Waals surface area contributed by atoms with E-state index in [0.717, 1.165) is 5.56 Å². The Morgan fingerprint density at radius 2 is 1.84 bits per heavy atom. The van der Waals surface area contributed by atoms with Gasteiger partial charge in [0.05, 0.1) is 11.8 Å². The fourth-order valence-corrected chi connectivity index (χ4v) is 1.84. The zero-order valence-electron chi connectivity index (χ0n) is 11.2. The van der Waals surface area contributed by atoms with Crippen LogP contribution >= 0.6 is 11.6 Å². The molecule has 5 heteroatoms. The van der Waals surface area contributed by atoms with Gasteiger partial charge in [-0.3, -0.25) is 9.59 Å². The summed E-state index contributed by atoms with van der Waals surface area (Å²) < 4.78 is 0. The first-order valence-corrected chi connectivity index (χ1v) is 6.40. The van der Waals surface area contributed by atoms with Gasteiger partial charge in [-0.25, -0.2) is 0 Å². The molecule has 1 aromatic rings. The zero-order chi connectivity index (χ0) is 14.6. The van der Waals surface area contributed by atoms with Crippen molar-refractivity contribution in [3.05, 3.63) is 34.9 Å². The third-order valence-electron chi connectivity index (χ3n) is 2.99. The van der Waals surface area contributed by atoms with E-state index in [2.05, 4.69) is 5.32 Å². The van der Waals surface area contributed by atoms with E-state index in [-0.39, 0.29) is 12.3 Å². The van der Waals surface area contributed by atoms with Gasteiger partial charge in [-0.15, -0.1) is 0 Å². The molecule has 0 radical (unpaired) electrons. The van der Waals surface area contributed by atoms with E-state index in [0.29, 0.717) is 5.02 Å². The van der Waals surface area contributed by atoms with Crippen LogP contribution in [0, 0.1) is 0 Å². The summed E-state index contributed by atoms with van der Waals surface area (Å²) in [6, 6.07) is 6.64. The van der Waals surface area contributed by atoms with Gasteiger partial charge in [-0.05, 0) is 38.5 Å². The van der Waals surface area contributed by atoms with Crippen molar-refractivity contribution in [2.24, 2.45) is 0 Å². The standard InChI is InChI=1S/C14H18ClNO3/c1-9(8-12(17)18)16-13(19)14(2,3)10-4-6-11(15)7-5-10/h4-7,9H,8H2,1-3H3,(H,16,19)(H,17,18). The monoisotopic (exact) mass is 283 g/mol. The Balaban J connectivity index is 2.79. The lowest BCUT2D eigenvalue weighted by Crippen LogP contribution is -2.44. The number of benzene rings is 1. The van der Waals surface area contributed by atoms with E-state index in [4.69, 9.17) is 16.7 Å². The first kappa shape index (κ1) is 15.5. The fraction of sp³-hybridized carbons (Fsp3) is 0.429. The minimum atomic E-state index is -0.933. The van der Waals surface area contributed by atoms with E-state index in [1.165, 1.54) is 0 Å². The Bertz CT molecular complexity index is 468. The molecular formula is C14H18ClNO3. The number of carboxylic acid groups (broad SMARTS) is 1. The Hall–Kier alpha value is -1.55. The van der Waals surface area contributed by atoms with Crippen LogP contribution in [0.4, 0.5) is 0 Å². The molecule has 0 aliphatic heterocycles. The topological polar surface area (TPSA) is 66.4 Å². The number of aliphatic carboxylic acids is 1. The third kappa shape index (κ3) is 4.24. The summed E-state index contributed by atoms with van der Waals surface area (Å²) in [7, 11) is 0. The van der Waals surface area contributed by atoms with Gasteiger partial charge in [-0.2, -0.15) is 0 Å². The van der Waals surface area contributed by atoms with Gasteiger partial charge in [0.25, 0.3) is 0 Å². The number of carbonyl (C=O) groups excluding carboxylic acids is 1. The molecule has 0 aromatic heterocycles. The summed E-state index contributed by atoms with van der Waals surface area (Å²) >= 11 is 5.82. The molecule has 0 heterocycles. The molecule has 19 heavy (non-hydrogen) atoms. The number of amides is 1. The maximum Gasteiger partial charge on any atom is 0.305 e. The summed E-state index contributed by atoms with van der Waals surface area (Å²) in [4.78, 5) is 22.8. The second-order valence-electron chi connectivity index (χ2n) is 5.10. The van der Waals surface area contributed by atoms with E-state index in [1.54, 1.807) is 45.0 Å². The van der Waals surface area contributed by atoms with Gasteiger partial charge in [0.2, 0.25) is 5.91 Å². The van der Waals surface area contributed by atoms with Gasteiger partial charge in [0.15, 0.2) is 0 Å². The number of halogens is 1. The van der Waals surface area contributed by atoms with Crippen molar-refractivity contribution in [3.8, 4) is 0 Å². The summed E-state index contributed by atoms with van der Waals surface area (Å²) in [5.41, 5.74) is 0.0917. The number of rotatable bonds is 5. The normalized spacial score (nSPS) is 12.8. The fourth-order valence-electron chi connectivity index (χ4n) is 1.71. The van der Waals surface area contributed by atoms with Crippen molar-refractivity contribution in [3.63, 3.8) is 0 Å². The highest BCUT2D eigenvalue weighted by molar-refractivity contribution is 6.30. The molecule has 1 atom stereocenters. The summed E-state index contributed by atoms with van der Waals surface area (Å²) in [5, 5.41) is 12.0. The summed E-state index contributed by atoms with van der Waals surface area (Å²) in [6.45, 7) is 5.25. The quantitative estimate of drug-likeness (QED) is 0.873. The molecule has 4 nitrogen and oxygen atoms in total. The second-order valence-corrected chi connectivity index (χ2v) is 5.54. The van der Waals surface area contributed by atoms with Crippen LogP contribution in [0.1, 0.15) is 32.8 Å². The van der Waals surface area contributed by atoms with E-state index >= 15 is 0 Å². The molecular weight excluding hydrogens is 266 g/mol. The van der Waals surface area contributed by atoms with Gasteiger partial charge < -0.3 is 10.4 Å². The smallest absolute Gasteiger partial charge is 0.305 e. The molecule has 1 unspecified atom stereocenters. The van der Waals surface area contributed by atoms with E-state index in [9.17, 15) is 9.59 Å². The molecule has 0 spiro atoms. The molecule has 0 aliphatic rings. The highest BCUT2D eigenvalue weighted by atomic mass is 35.5. The highest BCUT2D eigenvalue weighted by Gasteiger charge is 2.30. The maximum atomic E-state index is 12.2. The Morgan fingerprint density at radius 1 is 1.32 bits per heavy atom. The SMILES string of the molecule is CC(CC(=O)O)NC(=O)C(C)(C)c1ccc(Cl)cc1. The Kier molecular flexibility index (Phi) is 4.95. The minimum absolute atomic E-state index is 0.0948. The zero-order valence-corrected chi connectivity index (χ0v) is 12.0. The van der Waals surface area contributed by atoms with Gasteiger partial charge in [0.1, 0.15) is 0 Å². The van der Waals surface area contributed by atoms with Crippen LogP contribution < -0.4 is 5.32 Å². The molecule has 0 fully saturated rings. The van der Waals surface area contributed by atoms with Crippen LogP contribution in [0.5, 0.6) is 0 Å². The van der Waals surface area contributed by atoms with Crippen LogP contribution in [0.15, 0.2) is 24.3 Å². The van der Waals surface area contributed by atoms with Crippen molar-refractivity contribution in [2.75, 3.05) is 0 Å². The Labute approximate surface area is 117 Å². The van der Waals surface area contributed by atoms with E-state index in [1.807, 2.05) is 0 Å². The molecule has 1 rings (SSSR count). The molecule has 0 saturated heterocycles. The average Bonchev–Trinajstić information content (AvgIpc) is 2.28. The van der Waals surface area contributed by atoms with Crippen molar-refractivity contribution >= 4 is 23.5 Å². The number of nitrogens with one attached hydrogen (secondary N) is 1. The molecule has 2 N–H and O–H groups in total. The largest absolute Gasteiger partial charge is 0.481 e. The lowest BCUT2D eigenvalue weighted by Gasteiger charge is -2.26. The molecule has 1 amide bonds. The maximum absolute atomic E-state index is 12.2. The lowest BCUT2D eigenvalue weighted by molar-refractivity contribution is -0.137. The predicted octanol–water partition coefficient (Wildman–Crippen LogP) is 2.60. The number of hydrogen-bond donors (Lipinski definition) is 2. The first-order valence-electron chi connectivity index (χ1n) is 6.02. The average molecular weight is 284 g/mol. The number of carboxylic acids is 1. The minimum Gasteiger partial charge on any atom is -0.481 e. The summed E-state index contributed by atoms with van der Waals surface area (Å²) in [6.07, 6.45) is -0.0948. The van der Waals surface area contributed by atoms with Gasteiger partial charge in [0, 0.05) is 11.1 Å². The van der Waals surface area contributed by atoms with Crippen molar-refractivity contribution in [1.29, 1.82) is 0 Å². The van der Waals surface area contributed by atoms with Crippen LogP contribution in [0.25, 0.3) is 0 Å². The molecule has 0 bridgehead atoms. The summed E-state index contributed by atoms with van der Waals surface area (Å²) in [5.74, 6) is -1.14. The first-order chi connectivity index (χ1) is 8.73. The van der Waals surface area contributed by atoms with Crippen LogP contribution in [-0.2, 0) is 15.0 Å². The molecule has 1 aromatic carbocycles. The number of hydrogen-bond acceptors (Lipinski definition) is 2. The Morgan fingerprint density at radius 3 is 2.32 bits per heavy atom. The van der Waals surface area contributed by atoms with Gasteiger partial charge >= 0.3 is 5.97 Å². The van der Waals surface area contributed by atoms with E-state index < -0.39 is 17.4 Å².